The summed E-state index contributed by atoms with van der Waals surface area (Å²) in [6.45, 7) is 6.51. The van der Waals surface area contributed by atoms with Gasteiger partial charge in [0.15, 0.2) is 5.84 Å². The van der Waals surface area contributed by atoms with Crippen molar-refractivity contribution in [3.63, 3.8) is 0 Å². The minimum atomic E-state index is -0.0484. The van der Waals surface area contributed by atoms with Gasteiger partial charge >= 0.3 is 0 Å². The van der Waals surface area contributed by atoms with E-state index in [-0.39, 0.29) is 11.9 Å². The van der Waals surface area contributed by atoms with Gasteiger partial charge in [0.25, 0.3) is 0 Å². The van der Waals surface area contributed by atoms with Gasteiger partial charge in [0.05, 0.1) is 6.04 Å². The molecule has 0 aromatic heterocycles. The number of amidine groups is 1. The number of hydrogen-bond acceptors (Lipinski definition) is 3. The minimum absolute atomic E-state index is 0.0484. The van der Waals surface area contributed by atoms with E-state index in [1.807, 2.05) is 6.92 Å². The summed E-state index contributed by atoms with van der Waals surface area (Å²) >= 11 is 0. The van der Waals surface area contributed by atoms with Gasteiger partial charge in [-0.2, -0.15) is 0 Å². The third-order valence-electron chi connectivity index (χ3n) is 3.73. The van der Waals surface area contributed by atoms with Gasteiger partial charge in [-0.05, 0) is 25.2 Å². The van der Waals surface area contributed by atoms with Gasteiger partial charge in [-0.3, -0.25) is 0 Å². The predicted octanol–water partition coefficient (Wildman–Crippen LogP) is 1.54. The molecule has 0 amide bonds. The standard InChI is InChI=1S/C11H23N3O/c1-7-5-4-6-10(8(7)2)13-9(3)11(12)14-15/h7-10,13,15H,4-6H2,1-3H3,(H2,12,14). The Balaban J connectivity index is 2.50. The maximum absolute atomic E-state index is 8.58. The van der Waals surface area contributed by atoms with Gasteiger partial charge in [0, 0.05) is 6.04 Å². The number of rotatable bonds is 3. The average Bonchev–Trinajstić information content (AvgIpc) is 2.23. The molecule has 4 heteroatoms. The molecule has 0 radical (unpaired) electrons. The molecule has 0 aliphatic heterocycles. The zero-order valence-corrected chi connectivity index (χ0v) is 9.90. The lowest BCUT2D eigenvalue weighted by Gasteiger charge is -2.36. The Morgan fingerprint density at radius 3 is 2.73 bits per heavy atom. The first kappa shape index (κ1) is 12.3. The molecule has 1 aliphatic rings. The van der Waals surface area contributed by atoms with Gasteiger partial charge < -0.3 is 16.3 Å². The van der Waals surface area contributed by atoms with Crippen molar-refractivity contribution >= 4 is 5.84 Å². The molecular formula is C11H23N3O. The molecular weight excluding hydrogens is 190 g/mol. The summed E-state index contributed by atoms with van der Waals surface area (Å²) < 4.78 is 0. The van der Waals surface area contributed by atoms with E-state index in [4.69, 9.17) is 10.9 Å². The van der Waals surface area contributed by atoms with Crippen molar-refractivity contribution < 1.29 is 5.21 Å². The van der Waals surface area contributed by atoms with Crippen LogP contribution in [0.2, 0.25) is 0 Å². The van der Waals surface area contributed by atoms with Crippen molar-refractivity contribution in [2.45, 2.75) is 52.1 Å². The highest BCUT2D eigenvalue weighted by molar-refractivity contribution is 5.84. The summed E-state index contributed by atoms with van der Waals surface area (Å²) in [5.74, 6) is 1.68. The topological polar surface area (TPSA) is 70.6 Å². The number of nitrogens with zero attached hydrogens (tertiary/aromatic N) is 1. The highest BCUT2D eigenvalue weighted by Crippen LogP contribution is 2.29. The summed E-state index contributed by atoms with van der Waals surface area (Å²) in [5, 5.41) is 15.0. The largest absolute Gasteiger partial charge is 0.409 e. The molecule has 1 rings (SSSR count). The van der Waals surface area contributed by atoms with Crippen molar-refractivity contribution in [2.75, 3.05) is 0 Å². The summed E-state index contributed by atoms with van der Waals surface area (Å²) in [5.41, 5.74) is 5.55. The van der Waals surface area contributed by atoms with Crippen LogP contribution in [0.15, 0.2) is 5.16 Å². The summed E-state index contributed by atoms with van der Waals surface area (Å²) in [6, 6.07) is 0.441. The molecule has 1 aliphatic carbocycles. The third-order valence-corrected chi connectivity index (χ3v) is 3.73. The second-order valence-corrected chi connectivity index (χ2v) is 4.79. The molecule has 88 valence electrons. The van der Waals surface area contributed by atoms with E-state index >= 15 is 0 Å². The fourth-order valence-corrected chi connectivity index (χ4v) is 2.31. The summed E-state index contributed by atoms with van der Waals surface area (Å²) in [4.78, 5) is 0. The first-order valence-corrected chi connectivity index (χ1v) is 5.79. The van der Waals surface area contributed by atoms with Crippen LogP contribution in [0.1, 0.15) is 40.0 Å². The highest BCUT2D eigenvalue weighted by Gasteiger charge is 2.28. The maximum Gasteiger partial charge on any atom is 0.156 e. The highest BCUT2D eigenvalue weighted by atomic mass is 16.4. The molecule has 0 aromatic rings. The second kappa shape index (κ2) is 5.35. The molecule has 4 unspecified atom stereocenters. The molecule has 4 atom stereocenters. The molecule has 1 fully saturated rings. The Morgan fingerprint density at radius 2 is 2.13 bits per heavy atom. The molecule has 0 aromatic carbocycles. The van der Waals surface area contributed by atoms with Crippen molar-refractivity contribution in [3.8, 4) is 0 Å². The van der Waals surface area contributed by atoms with E-state index in [9.17, 15) is 0 Å². The molecule has 0 heterocycles. The number of hydrogen-bond donors (Lipinski definition) is 3. The quantitative estimate of drug-likeness (QED) is 0.288. The van der Waals surface area contributed by atoms with E-state index in [1.54, 1.807) is 0 Å². The van der Waals surface area contributed by atoms with E-state index in [0.29, 0.717) is 12.0 Å². The normalized spacial score (nSPS) is 35.1. The maximum atomic E-state index is 8.58. The lowest BCUT2D eigenvalue weighted by atomic mass is 9.78. The van der Waals surface area contributed by atoms with E-state index < -0.39 is 0 Å². The third kappa shape index (κ3) is 3.09. The lowest BCUT2D eigenvalue weighted by molar-refractivity contribution is 0.203. The summed E-state index contributed by atoms with van der Waals surface area (Å²) in [6.07, 6.45) is 3.78. The molecule has 1 saturated carbocycles. The molecule has 4 nitrogen and oxygen atoms in total. The van der Waals surface area contributed by atoms with Gasteiger partial charge in [0.1, 0.15) is 0 Å². The van der Waals surface area contributed by atoms with Crippen LogP contribution in [0.3, 0.4) is 0 Å². The second-order valence-electron chi connectivity index (χ2n) is 4.79. The predicted molar refractivity (Wildman–Crippen MR) is 62.0 cm³/mol. The van der Waals surface area contributed by atoms with E-state index in [1.165, 1.54) is 19.3 Å². The van der Waals surface area contributed by atoms with Crippen molar-refractivity contribution in [1.82, 2.24) is 5.32 Å². The molecule has 0 spiro atoms. The van der Waals surface area contributed by atoms with Crippen LogP contribution in [0, 0.1) is 11.8 Å². The van der Waals surface area contributed by atoms with Gasteiger partial charge in [-0.1, -0.05) is 31.8 Å². The zero-order valence-electron chi connectivity index (χ0n) is 9.90. The Morgan fingerprint density at radius 1 is 1.47 bits per heavy atom. The van der Waals surface area contributed by atoms with E-state index in [0.717, 1.165) is 5.92 Å². The molecule has 4 N–H and O–H groups in total. The van der Waals surface area contributed by atoms with Crippen LogP contribution >= 0.6 is 0 Å². The van der Waals surface area contributed by atoms with Crippen molar-refractivity contribution in [3.05, 3.63) is 0 Å². The minimum Gasteiger partial charge on any atom is -0.409 e. The van der Waals surface area contributed by atoms with Gasteiger partial charge in [-0.15, -0.1) is 0 Å². The van der Waals surface area contributed by atoms with Crippen LogP contribution in [0.5, 0.6) is 0 Å². The first-order valence-electron chi connectivity index (χ1n) is 5.79. The summed E-state index contributed by atoms with van der Waals surface area (Å²) in [7, 11) is 0. The number of nitrogens with one attached hydrogen (secondary N) is 1. The van der Waals surface area contributed by atoms with E-state index in [2.05, 4.69) is 24.3 Å². The van der Waals surface area contributed by atoms with Crippen molar-refractivity contribution in [2.24, 2.45) is 22.7 Å². The number of oxime groups is 1. The Bertz CT molecular complexity index is 230. The zero-order chi connectivity index (χ0) is 11.4. The van der Waals surface area contributed by atoms with Crippen LogP contribution in [-0.2, 0) is 0 Å². The first-order chi connectivity index (χ1) is 7.06. The van der Waals surface area contributed by atoms with Crippen LogP contribution < -0.4 is 11.1 Å². The smallest absolute Gasteiger partial charge is 0.156 e. The van der Waals surface area contributed by atoms with Crippen LogP contribution in [-0.4, -0.2) is 23.1 Å². The number of nitrogens with two attached hydrogens (primary N) is 1. The average molecular weight is 213 g/mol. The van der Waals surface area contributed by atoms with Crippen molar-refractivity contribution in [1.29, 1.82) is 0 Å². The molecule has 0 saturated heterocycles. The lowest BCUT2D eigenvalue weighted by Crippen LogP contribution is -2.49. The van der Waals surface area contributed by atoms with Gasteiger partial charge in [-0.25, -0.2) is 0 Å². The monoisotopic (exact) mass is 213 g/mol. The Hall–Kier alpha value is -0.770. The Kier molecular flexibility index (Phi) is 4.39. The SMILES string of the molecule is CC(NC1CCCC(C)C1C)C(N)=NO. The molecule has 15 heavy (non-hydrogen) atoms. The fraction of sp³-hybridized carbons (Fsp3) is 0.909. The van der Waals surface area contributed by atoms with Crippen LogP contribution in [0.4, 0.5) is 0 Å². The van der Waals surface area contributed by atoms with Crippen LogP contribution in [0.25, 0.3) is 0 Å². The fourth-order valence-electron chi connectivity index (χ4n) is 2.31. The Labute approximate surface area is 91.9 Å². The molecule has 0 bridgehead atoms. The van der Waals surface area contributed by atoms with Gasteiger partial charge in [0.2, 0.25) is 0 Å².